The Balaban J connectivity index is 1.54. The molecule has 0 aliphatic heterocycles. The first-order chi connectivity index (χ1) is 17.8. The van der Waals surface area contributed by atoms with Crippen LogP contribution in [0.1, 0.15) is 122 Å². The van der Waals surface area contributed by atoms with Crippen LogP contribution in [0.3, 0.4) is 0 Å². The summed E-state index contributed by atoms with van der Waals surface area (Å²) in [6.45, 7) is 4.10. The van der Waals surface area contributed by atoms with Gasteiger partial charge in [-0.05, 0) is 25.0 Å². The Bertz CT molecular complexity index is 817. The van der Waals surface area contributed by atoms with Crippen molar-refractivity contribution in [2.75, 3.05) is 20.3 Å². The molecule has 0 saturated carbocycles. The van der Waals surface area contributed by atoms with Crippen molar-refractivity contribution in [1.29, 1.82) is 0 Å². The van der Waals surface area contributed by atoms with E-state index in [0.29, 0.717) is 6.54 Å². The van der Waals surface area contributed by atoms with E-state index in [0.717, 1.165) is 30.7 Å². The molecule has 0 radical (unpaired) electrons. The Hall–Kier alpha value is -1.88. The number of nitrogens with one attached hydrogen (secondary N) is 1. The second-order valence-electron chi connectivity index (χ2n) is 10.4. The highest BCUT2D eigenvalue weighted by molar-refractivity contribution is 5.77. The molecule has 0 spiro atoms. The smallest absolute Gasteiger partial charge is 0.245 e. The molecule has 1 heterocycles. The number of hydrogen-bond acceptors (Lipinski definition) is 3. The number of aryl methyl sites for hydroxylation is 2. The Morgan fingerprint density at radius 1 is 0.806 bits per heavy atom. The van der Waals surface area contributed by atoms with Crippen LogP contribution in [0.5, 0.6) is 0 Å². The van der Waals surface area contributed by atoms with Gasteiger partial charge in [-0.25, -0.2) is 4.98 Å². The molecule has 204 valence electrons. The van der Waals surface area contributed by atoms with Gasteiger partial charge in [0.1, 0.15) is 12.4 Å². The van der Waals surface area contributed by atoms with Crippen LogP contribution in [0.2, 0.25) is 0 Å². The van der Waals surface area contributed by atoms with Crippen LogP contribution in [0.15, 0.2) is 24.3 Å². The highest BCUT2D eigenvalue weighted by Crippen LogP contribution is 2.19. The van der Waals surface area contributed by atoms with E-state index in [4.69, 9.17) is 9.72 Å². The molecule has 2 rings (SSSR count). The Labute approximate surface area is 220 Å². The summed E-state index contributed by atoms with van der Waals surface area (Å²) in [5, 5.41) is 2.91. The molecule has 1 aromatic carbocycles. The number of unbranched alkanes of at least 4 members (excludes halogenated alkanes) is 15. The maximum absolute atomic E-state index is 11.6. The zero-order chi connectivity index (χ0) is 25.7. The average Bonchev–Trinajstić information content (AvgIpc) is 3.24. The van der Waals surface area contributed by atoms with Crippen molar-refractivity contribution in [3.05, 3.63) is 30.1 Å². The number of nitrogens with zero attached hydrogens (tertiary/aromatic N) is 2. The summed E-state index contributed by atoms with van der Waals surface area (Å²) in [5.41, 5.74) is 2.31. The van der Waals surface area contributed by atoms with E-state index < -0.39 is 0 Å². The molecule has 0 fully saturated rings. The first-order valence-corrected chi connectivity index (χ1v) is 15.0. The van der Waals surface area contributed by atoms with E-state index >= 15 is 0 Å². The van der Waals surface area contributed by atoms with Gasteiger partial charge in [0, 0.05) is 26.6 Å². The molecule has 2 aromatic rings. The summed E-state index contributed by atoms with van der Waals surface area (Å²) in [5.74, 6) is 1.08. The number of rotatable bonds is 23. The van der Waals surface area contributed by atoms with Crippen molar-refractivity contribution >= 4 is 16.9 Å². The van der Waals surface area contributed by atoms with Crippen LogP contribution < -0.4 is 5.32 Å². The second kappa shape index (κ2) is 20.2. The van der Waals surface area contributed by atoms with Crippen LogP contribution in [-0.4, -0.2) is 35.7 Å². The van der Waals surface area contributed by atoms with Crippen molar-refractivity contribution < 1.29 is 9.53 Å². The fourth-order valence-corrected chi connectivity index (χ4v) is 5.04. The Kier molecular flexibility index (Phi) is 17.0. The molecule has 36 heavy (non-hydrogen) atoms. The first-order valence-electron chi connectivity index (χ1n) is 15.0. The molecule has 5 nitrogen and oxygen atoms in total. The van der Waals surface area contributed by atoms with Gasteiger partial charge < -0.3 is 14.6 Å². The standard InChI is InChI=1S/C31H53N3O2/c1-3-4-5-6-7-8-9-10-11-12-13-14-15-16-17-20-26-34-29-23-19-18-22-28(29)33-30(34)24-21-25-32-31(35)27-36-2/h18-19,22-23H,3-17,20-21,24-27H2,1-2H3,(H,32,35). The Morgan fingerprint density at radius 3 is 1.94 bits per heavy atom. The maximum atomic E-state index is 11.6. The number of methoxy groups -OCH3 is 1. The third-order valence-electron chi connectivity index (χ3n) is 7.14. The lowest BCUT2D eigenvalue weighted by atomic mass is 10.0. The van der Waals surface area contributed by atoms with Crippen LogP contribution in [0, 0.1) is 0 Å². The summed E-state index contributed by atoms with van der Waals surface area (Å²) in [4.78, 5) is 16.5. The minimum atomic E-state index is -0.0563. The summed E-state index contributed by atoms with van der Waals surface area (Å²) >= 11 is 0. The fraction of sp³-hybridized carbons (Fsp3) is 0.742. The van der Waals surface area contributed by atoms with Gasteiger partial charge in [0.15, 0.2) is 0 Å². The summed E-state index contributed by atoms with van der Waals surface area (Å²) in [6.07, 6.45) is 24.1. The van der Waals surface area contributed by atoms with E-state index in [9.17, 15) is 4.79 Å². The molecule has 5 heteroatoms. The highest BCUT2D eigenvalue weighted by Gasteiger charge is 2.10. The lowest BCUT2D eigenvalue weighted by molar-refractivity contribution is -0.124. The normalized spacial score (nSPS) is 11.4. The van der Waals surface area contributed by atoms with Crippen molar-refractivity contribution in [2.24, 2.45) is 0 Å². The number of ether oxygens (including phenoxy) is 1. The van der Waals surface area contributed by atoms with E-state index in [1.807, 2.05) is 0 Å². The Morgan fingerprint density at radius 2 is 1.36 bits per heavy atom. The molecule has 1 N–H and O–H groups in total. The summed E-state index contributed by atoms with van der Waals surface area (Å²) < 4.78 is 7.27. The van der Waals surface area contributed by atoms with Gasteiger partial charge in [0.05, 0.1) is 11.0 Å². The lowest BCUT2D eigenvalue weighted by Gasteiger charge is -2.10. The number of aromatic nitrogens is 2. The SMILES string of the molecule is CCCCCCCCCCCCCCCCCCn1c(CCCNC(=O)COC)nc2ccccc21. The van der Waals surface area contributed by atoms with Gasteiger partial charge in [0.25, 0.3) is 0 Å². The van der Waals surface area contributed by atoms with Crippen LogP contribution >= 0.6 is 0 Å². The highest BCUT2D eigenvalue weighted by atomic mass is 16.5. The van der Waals surface area contributed by atoms with E-state index in [2.05, 4.69) is 41.1 Å². The predicted octanol–water partition coefficient (Wildman–Crippen LogP) is 7.99. The van der Waals surface area contributed by atoms with Gasteiger partial charge in [-0.2, -0.15) is 0 Å². The minimum Gasteiger partial charge on any atom is -0.375 e. The quantitative estimate of drug-likeness (QED) is 0.158. The molecule has 0 aliphatic carbocycles. The third kappa shape index (κ3) is 12.9. The van der Waals surface area contributed by atoms with Gasteiger partial charge in [-0.1, -0.05) is 115 Å². The van der Waals surface area contributed by atoms with Crippen molar-refractivity contribution in [3.63, 3.8) is 0 Å². The van der Waals surface area contributed by atoms with E-state index in [1.165, 1.54) is 108 Å². The summed E-state index contributed by atoms with van der Waals surface area (Å²) in [7, 11) is 1.54. The number of carbonyl (C=O) groups excluding carboxylic acids is 1. The number of imidazole rings is 1. The fourth-order valence-electron chi connectivity index (χ4n) is 5.04. The van der Waals surface area contributed by atoms with Crippen LogP contribution in [0.4, 0.5) is 0 Å². The topological polar surface area (TPSA) is 56.2 Å². The van der Waals surface area contributed by atoms with Gasteiger partial charge in [-0.15, -0.1) is 0 Å². The van der Waals surface area contributed by atoms with Gasteiger partial charge in [-0.3, -0.25) is 4.79 Å². The van der Waals surface area contributed by atoms with E-state index in [-0.39, 0.29) is 12.5 Å². The number of hydrogen-bond donors (Lipinski definition) is 1. The van der Waals surface area contributed by atoms with Crippen molar-refractivity contribution in [1.82, 2.24) is 14.9 Å². The largest absolute Gasteiger partial charge is 0.375 e. The summed E-state index contributed by atoms with van der Waals surface area (Å²) in [6, 6.07) is 8.44. The molecular weight excluding hydrogens is 446 g/mol. The maximum Gasteiger partial charge on any atom is 0.245 e. The van der Waals surface area contributed by atoms with Gasteiger partial charge >= 0.3 is 0 Å². The van der Waals surface area contributed by atoms with Crippen molar-refractivity contribution in [3.8, 4) is 0 Å². The average molecular weight is 500 g/mol. The zero-order valence-corrected chi connectivity index (χ0v) is 23.4. The second-order valence-corrected chi connectivity index (χ2v) is 10.4. The number of amides is 1. The molecule has 0 aliphatic rings. The third-order valence-corrected chi connectivity index (χ3v) is 7.14. The molecule has 1 aromatic heterocycles. The van der Waals surface area contributed by atoms with Crippen LogP contribution in [0.25, 0.3) is 11.0 Å². The molecule has 0 atom stereocenters. The monoisotopic (exact) mass is 499 g/mol. The zero-order valence-electron chi connectivity index (χ0n) is 23.4. The number of benzene rings is 1. The molecular formula is C31H53N3O2. The minimum absolute atomic E-state index is 0.0563. The number of fused-ring (bicyclic) bond motifs is 1. The van der Waals surface area contributed by atoms with Crippen LogP contribution in [-0.2, 0) is 22.5 Å². The molecule has 1 amide bonds. The molecule has 0 saturated heterocycles. The number of para-hydroxylation sites is 2. The first kappa shape index (κ1) is 30.3. The molecule has 0 bridgehead atoms. The van der Waals surface area contributed by atoms with Gasteiger partial charge in [0.2, 0.25) is 5.91 Å². The molecule has 0 unspecified atom stereocenters. The lowest BCUT2D eigenvalue weighted by Crippen LogP contribution is -2.28. The van der Waals surface area contributed by atoms with E-state index in [1.54, 1.807) is 7.11 Å². The van der Waals surface area contributed by atoms with Crippen molar-refractivity contribution in [2.45, 2.75) is 129 Å². The number of carbonyl (C=O) groups is 1. The predicted molar refractivity (Wildman–Crippen MR) is 152 cm³/mol.